The van der Waals surface area contributed by atoms with Gasteiger partial charge in [0.15, 0.2) is 0 Å². The summed E-state index contributed by atoms with van der Waals surface area (Å²) in [6, 6.07) is 8.39. The van der Waals surface area contributed by atoms with Gasteiger partial charge in [0.1, 0.15) is 17.4 Å². The maximum atomic E-state index is 14.4. The van der Waals surface area contributed by atoms with Crippen LogP contribution in [0.15, 0.2) is 36.4 Å². The lowest BCUT2D eigenvalue weighted by Crippen LogP contribution is -2.32. The van der Waals surface area contributed by atoms with Gasteiger partial charge in [-0.05, 0) is 36.2 Å². The van der Waals surface area contributed by atoms with Crippen LogP contribution in [0.3, 0.4) is 0 Å². The molecule has 24 heavy (non-hydrogen) atoms. The molecule has 0 saturated carbocycles. The number of rotatable bonds is 3. The average Bonchev–Trinajstić information content (AvgIpc) is 3.00. The molecule has 126 valence electrons. The number of methoxy groups -OCH3 is 1. The first-order valence-electron chi connectivity index (χ1n) is 7.68. The van der Waals surface area contributed by atoms with Crippen molar-refractivity contribution >= 4 is 5.91 Å². The SMILES string of the molecule is COc1ccc(-c2ccc(C(=O)N3CC[C@@H](N)C3)c(F)c2)c(F)c1. The molecule has 1 aliphatic heterocycles. The Balaban J connectivity index is 1.88. The van der Waals surface area contributed by atoms with Crippen LogP contribution >= 0.6 is 0 Å². The van der Waals surface area contributed by atoms with Gasteiger partial charge in [0.2, 0.25) is 0 Å². The molecule has 1 fully saturated rings. The van der Waals surface area contributed by atoms with E-state index in [1.807, 2.05) is 0 Å². The van der Waals surface area contributed by atoms with Gasteiger partial charge in [-0.2, -0.15) is 0 Å². The Kier molecular flexibility index (Phi) is 4.49. The van der Waals surface area contributed by atoms with Crippen molar-refractivity contribution in [1.29, 1.82) is 0 Å². The molecule has 1 amide bonds. The van der Waals surface area contributed by atoms with E-state index in [1.165, 1.54) is 42.3 Å². The molecule has 1 saturated heterocycles. The lowest BCUT2D eigenvalue weighted by molar-refractivity contribution is 0.0786. The summed E-state index contributed by atoms with van der Waals surface area (Å²) in [5, 5.41) is 0. The molecule has 0 aromatic heterocycles. The van der Waals surface area contributed by atoms with Crippen LogP contribution in [0, 0.1) is 11.6 Å². The van der Waals surface area contributed by atoms with E-state index in [2.05, 4.69) is 0 Å². The maximum absolute atomic E-state index is 14.4. The van der Waals surface area contributed by atoms with Crippen molar-refractivity contribution < 1.29 is 18.3 Å². The first-order chi connectivity index (χ1) is 11.5. The lowest BCUT2D eigenvalue weighted by atomic mass is 10.0. The van der Waals surface area contributed by atoms with E-state index in [1.54, 1.807) is 6.07 Å². The molecule has 3 rings (SSSR count). The van der Waals surface area contributed by atoms with Gasteiger partial charge < -0.3 is 15.4 Å². The third-order valence-electron chi connectivity index (χ3n) is 4.20. The summed E-state index contributed by atoms with van der Waals surface area (Å²) in [6.45, 7) is 0.946. The van der Waals surface area contributed by atoms with Gasteiger partial charge in [-0.25, -0.2) is 8.78 Å². The molecule has 0 unspecified atom stereocenters. The van der Waals surface area contributed by atoms with Crippen LogP contribution < -0.4 is 10.5 Å². The fourth-order valence-corrected chi connectivity index (χ4v) is 2.86. The minimum atomic E-state index is -0.673. The van der Waals surface area contributed by atoms with Gasteiger partial charge in [-0.1, -0.05) is 6.07 Å². The van der Waals surface area contributed by atoms with Crippen molar-refractivity contribution in [3.8, 4) is 16.9 Å². The zero-order valence-electron chi connectivity index (χ0n) is 13.3. The predicted molar refractivity (Wildman–Crippen MR) is 86.8 cm³/mol. The van der Waals surface area contributed by atoms with E-state index in [9.17, 15) is 13.6 Å². The van der Waals surface area contributed by atoms with Crippen molar-refractivity contribution in [3.63, 3.8) is 0 Å². The van der Waals surface area contributed by atoms with Gasteiger partial charge >= 0.3 is 0 Å². The molecule has 1 aliphatic rings. The zero-order valence-corrected chi connectivity index (χ0v) is 13.3. The van der Waals surface area contributed by atoms with Gasteiger partial charge in [0.05, 0.1) is 12.7 Å². The summed E-state index contributed by atoms with van der Waals surface area (Å²) in [6.07, 6.45) is 0.711. The summed E-state index contributed by atoms with van der Waals surface area (Å²) in [5.74, 6) is -1.19. The highest BCUT2D eigenvalue weighted by Gasteiger charge is 2.26. The Morgan fingerprint density at radius 3 is 2.58 bits per heavy atom. The van der Waals surface area contributed by atoms with E-state index in [0.29, 0.717) is 30.8 Å². The average molecular weight is 332 g/mol. The predicted octanol–water partition coefficient (Wildman–Crippen LogP) is 2.81. The van der Waals surface area contributed by atoms with Crippen LogP contribution in [-0.4, -0.2) is 37.0 Å². The fourth-order valence-electron chi connectivity index (χ4n) is 2.86. The standard InChI is InChI=1S/C18H18F2N2O2/c1-24-13-3-5-14(17(20)9-13)11-2-4-15(16(19)8-11)18(23)22-7-6-12(21)10-22/h2-5,8-9,12H,6-7,10,21H2,1H3/t12-/m1/s1. The van der Waals surface area contributed by atoms with Crippen LogP contribution in [0.2, 0.25) is 0 Å². The third kappa shape index (κ3) is 3.10. The molecule has 1 heterocycles. The third-order valence-corrected chi connectivity index (χ3v) is 4.20. The van der Waals surface area contributed by atoms with Crippen molar-refractivity contribution in [1.82, 2.24) is 4.90 Å². The van der Waals surface area contributed by atoms with Crippen LogP contribution in [0.5, 0.6) is 5.75 Å². The van der Waals surface area contributed by atoms with Gasteiger partial charge in [-0.15, -0.1) is 0 Å². The second kappa shape index (κ2) is 6.57. The highest BCUT2D eigenvalue weighted by atomic mass is 19.1. The normalized spacial score (nSPS) is 17.2. The Hall–Kier alpha value is -2.47. The van der Waals surface area contributed by atoms with Crippen LogP contribution in [0.1, 0.15) is 16.8 Å². The number of benzene rings is 2. The quantitative estimate of drug-likeness (QED) is 0.940. The van der Waals surface area contributed by atoms with Crippen molar-refractivity contribution in [2.75, 3.05) is 20.2 Å². The van der Waals surface area contributed by atoms with Crippen molar-refractivity contribution in [3.05, 3.63) is 53.6 Å². The molecule has 2 N–H and O–H groups in total. The Bertz CT molecular complexity index is 780. The fraction of sp³-hybridized carbons (Fsp3) is 0.278. The molecule has 4 nitrogen and oxygen atoms in total. The number of hydrogen-bond acceptors (Lipinski definition) is 3. The van der Waals surface area contributed by atoms with Gasteiger partial charge in [0, 0.05) is 30.8 Å². The summed E-state index contributed by atoms with van der Waals surface area (Å²) >= 11 is 0. The summed E-state index contributed by atoms with van der Waals surface area (Å²) in [5.41, 5.74) is 6.36. The Morgan fingerprint density at radius 2 is 2.00 bits per heavy atom. The number of nitrogens with zero attached hydrogens (tertiary/aromatic N) is 1. The molecule has 1 atom stereocenters. The summed E-state index contributed by atoms with van der Waals surface area (Å²) < 4.78 is 33.5. The molecular weight excluding hydrogens is 314 g/mol. The van der Waals surface area contributed by atoms with E-state index >= 15 is 0 Å². The van der Waals surface area contributed by atoms with Crippen molar-refractivity contribution in [2.24, 2.45) is 5.73 Å². The summed E-state index contributed by atoms with van der Waals surface area (Å²) in [4.78, 5) is 13.9. The maximum Gasteiger partial charge on any atom is 0.256 e. The molecule has 2 aromatic rings. The topological polar surface area (TPSA) is 55.6 Å². The van der Waals surface area contributed by atoms with E-state index < -0.39 is 11.6 Å². The van der Waals surface area contributed by atoms with Gasteiger partial charge in [0.25, 0.3) is 5.91 Å². The Labute approximate surface area is 138 Å². The second-order valence-corrected chi connectivity index (χ2v) is 5.84. The second-order valence-electron chi connectivity index (χ2n) is 5.84. The number of halogens is 2. The summed E-state index contributed by atoms with van der Waals surface area (Å²) in [7, 11) is 1.44. The van der Waals surface area contributed by atoms with E-state index in [0.717, 1.165) is 0 Å². The monoisotopic (exact) mass is 332 g/mol. The van der Waals surface area contributed by atoms with Gasteiger partial charge in [-0.3, -0.25) is 4.79 Å². The van der Waals surface area contributed by atoms with Crippen LogP contribution in [0.25, 0.3) is 11.1 Å². The smallest absolute Gasteiger partial charge is 0.256 e. The molecule has 0 aliphatic carbocycles. The number of ether oxygens (including phenoxy) is 1. The van der Waals surface area contributed by atoms with E-state index in [-0.39, 0.29) is 23.1 Å². The highest BCUT2D eigenvalue weighted by molar-refractivity contribution is 5.95. The number of nitrogens with two attached hydrogens (primary N) is 1. The van der Waals surface area contributed by atoms with Crippen LogP contribution in [-0.2, 0) is 0 Å². The number of likely N-dealkylation sites (tertiary alicyclic amines) is 1. The minimum absolute atomic E-state index is 0.0261. The first-order valence-corrected chi connectivity index (χ1v) is 7.68. The number of carbonyl (C=O) groups excluding carboxylic acids is 1. The molecule has 0 bridgehead atoms. The largest absolute Gasteiger partial charge is 0.497 e. The highest BCUT2D eigenvalue weighted by Crippen LogP contribution is 2.28. The first kappa shape index (κ1) is 16.4. The van der Waals surface area contributed by atoms with E-state index in [4.69, 9.17) is 10.5 Å². The van der Waals surface area contributed by atoms with Crippen LogP contribution in [0.4, 0.5) is 8.78 Å². The molecule has 6 heteroatoms. The molecular formula is C18H18F2N2O2. The molecule has 2 aromatic carbocycles. The molecule has 0 radical (unpaired) electrons. The van der Waals surface area contributed by atoms with Crippen molar-refractivity contribution in [2.45, 2.75) is 12.5 Å². The molecule has 0 spiro atoms. The zero-order chi connectivity index (χ0) is 17.3. The number of hydrogen-bond donors (Lipinski definition) is 1. The lowest BCUT2D eigenvalue weighted by Gasteiger charge is -2.16. The minimum Gasteiger partial charge on any atom is -0.497 e. The Morgan fingerprint density at radius 1 is 1.21 bits per heavy atom. The number of amides is 1. The number of carbonyl (C=O) groups is 1.